The highest BCUT2D eigenvalue weighted by Gasteiger charge is 2.10. The van der Waals surface area contributed by atoms with Gasteiger partial charge in [0.15, 0.2) is 0 Å². The van der Waals surface area contributed by atoms with E-state index < -0.39 is 6.10 Å². The van der Waals surface area contributed by atoms with Gasteiger partial charge < -0.3 is 19.9 Å². The van der Waals surface area contributed by atoms with Crippen LogP contribution < -0.4 is 14.8 Å². The number of benzene rings is 2. The summed E-state index contributed by atoms with van der Waals surface area (Å²) in [5.41, 5.74) is 1.93. The Balaban J connectivity index is 1.56. The quantitative estimate of drug-likeness (QED) is 0.841. The van der Waals surface area contributed by atoms with Gasteiger partial charge in [-0.05, 0) is 41.5 Å². The van der Waals surface area contributed by atoms with Crippen LogP contribution in [-0.4, -0.2) is 31.2 Å². The maximum absolute atomic E-state index is 10.2. The van der Waals surface area contributed by atoms with Gasteiger partial charge in [-0.3, -0.25) is 0 Å². The summed E-state index contributed by atoms with van der Waals surface area (Å²) in [7, 11) is 1.61. The molecule has 1 fully saturated rings. The lowest BCUT2D eigenvalue weighted by Gasteiger charge is -2.13. The van der Waals surface area contributed by atoms with Crippen LogP contribution in [0.3, 0.4) is 0 Å². The Morgan fingerprint density at radius 3 is 2.75 bits per heavy atom. The number of aliphatic hydroxyl groups is 1. The van der Waals surface area contributed by atoms with Gasteiger partial charge in [-0.25, -0.2) is 0 Å². The van der Waals surface area contributed by atoms with Crippen LogP contribution in [-0.2, 0) is 0 Å². The van der Waals surface area contributed by atoms with Crippen molar-refractivity contribution in [2.45, 2.75) is 6.10 Å². The highest BCUT2D eigenvalue weighted by Crippen LogP contribution is 2.24. The van der Waals surface area contributed by atoms with Gasteiger partial charge >= 0.3 is 0 Å². The van der Waals surface area contributed by atoms with E-state index in [2.05, 4.69) is 11.4 Å². The molecule has 1 unspecified atom stereocenters. The topological polar surface area (TPSA) is 50.7 Å². The number of ether oxygens (including phenoxy) is 2. The summed E-state index contributed by atoms with van der Waals surface area (Å²) in [6, 6.07) is 15.3. The van der Waals surface area contributed by atoms with Crippen LogP contribution in [0, 0.1) is 0 Å². The first-order valence-electron chi connectivity index (χ1n) is 7.83. The first-order valence-corrected chi connectivity index (χ1v) is 8.82. The normalized spacial score (nSPS) is 17.0. The monoisotopic (exact) mass is 343 g/mol. The van der Waals surface area contributed by atoms with E-state index >= 15 is 0 Å². The van der Waals surface area contributed by atoms with Crippen molar-refractivity contribution in [2.24, 2.45) is 0 Å². The summed E-state index contributed by atoms with van der Waals surface area (Å²) < 4.78 is 10.9. The minimum atomic E-state index is -0.692. The number of thioether (sulfide) groups is 1. The molecular formula is C19H21NO3S. The third-order valence-corrected chi connectivity index (χ3v) is 4.73. The largest absolute Gasteiger partial charge is 0.497 e. The lowest BCUT2D eigenvalue weighted by Crippen LogP contribution is -2.09. The Hall–Kier alpha value is -1.95. The van der Waals surface area contributed by atoms with Crippen molar-refractivity contribution in [3.63, 3.8) is 0 Å². The molecule has 0 radical (unpaired) electrons. The molecule has 24 heavy (non-hydrogen) atoms. The molecule has 1 aliphatic heterocycles. The second kappa shape index (κ2) is 8.24. The van der Waals surface area contributed by atoms with E-state index in [4.69, 9.17) is 9.47 Å². The molecule has 2 aromatic rings. The summed E-state index contributed by atoms with van der Waals surface area (Å²) in [5.74, 6) is 2.45. The Morgan fingerprint density at radius 1 is 1.21 bits per heavy atom. The number of hydrogen-bond donors (Lipinski definition) is 2. The number of hydrogen-bond acceptors (Lipinski definition) is 5. The van der Waals surface area contributed by atoms with Crippen LogP contribution in [0.5, 0.6) is 11.5 Å². The zero-order chi connectivity index (χ0) is 16.8. The van der Waals surface area contributed by atoms with Gasteiger partial charge in [0.25, 0.3) is 0 Å². The molecule has 1 heterocycles. The molecule has 0 aliphatic carbocycles. The van der Waals surface area contributed by atoms with E-state index in [1.54, 1.807) is 7.11 Å². The van der Waals surface area contributed by atoms with Crippen molar-refractivity contribution < 1.29 is 14.6 Å². The molecule has 2 N–H and O–H groups in total. The summed E-state index contributed by atoms with van der Waals surface area (Å²) in [6.07, 6.45) is 1.49. The predicted molar refractivity (Wildman–Crippen MR) is 98.3 cm³/mol. The molecule has 0 spiro atoms. The fourth-order valence-electron chi connectivity index (χ4n) is 2.43. The van der Waals surface area contributed by atoms with Gasteiger partial charge in [0.2, 0.25) is 0 Å². The molecule has 0 amide bonds. The third-order valence-electron chi connectivity index (χ3n) is 3.75. The second-order valence-corrected chi connectivity index (χ2v) is 6.60. The van der Waals surface area contributed by atoms with Crippen LogP contribution in [0.2, 0.25) is 0 Å². The van der Waals surface area contributed by atoms with Crippen molar-refractivity contribution >= 4 is 17.8 Å². The fraction of sp³-hybridized carbons (Fsp3) is 0.263. The van der Waals surface area contributed by atoms with E-state index in [0.29, 0.717) is 0 Å². The fourth-order valence-corrected chi connectivity index (χ4v) is 3.24. The standard InChI is InChI=1S/C19H21NO3S/c1-22-17-4-2-3-15(10-17)19(21)12-23-16-7-5-14(6-8-16)9-18-11-20-13-24-18/h2-10,19-21H,11-13H2,1H3/b18-9+. The molecule has 1 saturated heterocycles. The zero-order valence-corrected chi connectivity index (χ0v) is 14.4. The number of rotatable bonds is 6. The molecule has 4 nitrogen and oxygen atoms in total. The van der Waals surface area contributed by atoms with Crippen LogP contribution in [0.25, 0.3) is 6.08 Å². The SMILES string of the molecule is COc1cccc(C(O)COc2ccc(/C=C3\CNCS3)cc2)c1. The first kappa shape index (κ1) is 16.9. The Bertz CT molecular complexity index is 692. The lowest BCUT2D eigenvalue weighted by molar-refractivity contribution is 0.108. The van der Waals surface area contributed by atoms with Gasteiger partial charge in [0.05, 0.1) is 7.11 Å². The van der Waals surface area contributed by atoms with E-state index in [1.165, 1.54) is 4.91 Å². The second-order valence-electron chi connectivity index (χ2n) is 5.50. The van der Waals surface area contributed by atoms with E-state index in [-0.39, 0.29) is 6.61 Å². The van der Waals surface area contributed by atoms with Gasteiger partial charge in [-0.15, -0.1) is 11.8 Å². The smallest absolute Gasteiger partial charge is 0.119 e. The van der Waals surface area contributed by atoms with Crippen molar-refractivity contribution in [1.82, 2.24) is 5.32 Å². The van der Waals surface area contributed by atoms with Crippen LogP contribution >= 0.6 is 11.8 Å². The van der Waals surface area contributed by atoms with E-state index in [9.17, 15) is 5.11 Å². The van der Waals surface area contributed by atoms with Gasteiger partial charge in [-0.2, -0.15) is 0 Å². The molecule has 3 rings (SSSR count). The molecule has 126 valence electrons. The van der Waals surface area contributed by atoms with Crippen LogP contribution in [0.15, 0.2) is 53.4 Å². The molecule has 1 atom stereocenters. The summed E-state index contributed by atoms with van der Waals surface area (Å²) in [4.78, 5) is 1.34. The minimum absolute atomic E-state index is 0.202. The lowest BCUT2D eigenvalue weighted by atomic mass is 10.1. The summed E-state index contributed by atoms with van der Waals surface area (Å²) in [5, 5.41) is 13.5. The molecule has 0 saturated carbocycles. The third kappa shape index (κ3) is 4.54. The summed E-state index contributed by atoms with van der Waals surface area (Å²) in [6.45, 7) is 1.14. The van der Waals surface area contributed by atoms with Gasteiger partial charge in [0.1, 0.15) is 24.2 Å². The number of nitrogens with one attached hydrogen (secondary N) is 1. The van der Waals surface area contributed by atoms with E-state index in [1.807, 2.05) is 60.3 Å². The van der Waals surface area contributed by atoms with Crippen molar-refractivity contribution in [1.29, 1.82) is 0 Å². The van der Waals surface area contributed by atoms with E-state index in [0.717, 1.165) is 35.0 Å². The zero-order valence-electron chi connectivity index (χ0n) is 13.6. The van der Waals surface area contributed by atoms with Gasteiger partial charge in [0, 0.05) is 17.3 Å². The molecule has 0 aromatic heterocycles. The molecule has 2 aromatic carbocycles. The van der Waals surface area contributed by atoms with Crippen molar-refractivity contribution in [3.8, 4) is 11.5 Å². The minimum Gasteiger partial charge on any atom is -0.497 e. The number of aliphatic hydroxyl groups excluding tert-OH is 1. The number of methoxy groups -OCH3 is 1. The molecule has 1 aliphatic rings. The molecule has 5 heteroatoms. The highest BCUT2D eigenvalue weighted by molar-refractivity contribution is 8.03. The average molecular weight is 343 g/mol. The Kier molecular flexibility index (Phi) is 5.80. The highest BCUT2D eigenvalue weighted by atomic mass is 32.2. The first-order chi connectivity index (χ1) is 11.7. The van der Waals surface area contributed by atoms with Crippen LogP contribution in [0.4, 0.5) is 0 Å². The van der Waals surface area contributed by atoms with Gasteiger partial charge in [-0.1, -0.05) is 24.3 Å². The average Bonchev–Trinajstić information content (AvgIpc) is 3.14. The van der Waals surface area contributed by atoms with Crippen molar-refractivity contribution in [3.05, 3.63) is 64.6 Å². The molecular weight excluding hydrogens is 322 g/mol. The Labute approximate surface area is 146 Å². The molecule has 0 bridgehead atoms. The van der Waals surface area contributed by atoms with Crippen molar-refractivity contribution in [2.75, 3.05) is 26.1 Å². The Morgan fingerprint density at radius 2 is 2.04 bits per heavy atom. The van der Waals surface area contributed by atoms with Crippen LogP contribution in [0.1, 0.15) is 17.2 Å². The summed E-state index contributed by atoms with van der Waals surface area (Å²) >= 11 is 1.83. The maximum Gasteiger partial charge on any atom is 0.119 e. The predicted octanol–water partition coefficient (Wildman–Crippen LogP) is 3.44. The maximum atomic E-state index is 10.2.